The lowest BCUT2D eigenvalue weighted by atomic mass is 9.98. The SMILES string of the molecule is CCCCCC(=O)CCCCC(C)C(=O)Oc1cc2c(c3cc[nH]c13)[C@H](CCl)CN2. The quantitative estimate of drug-likeness (QED) is 0.182. The maximum absolute atomic E-state index is 12.7. The van der Waals surface area contributed by atoms with Crippen LogP contribution in [0.5, 0.6) is 5.75 Å². The number of aromatic nitrogens is 1. The van der Waals surface area contributed by atoms with Crippen molar-refractivity contribution in [2.75, 3.05) is 17.7 Å². The van der Waals surface area contributed by atoms with Gasteiger partial charge in [-0.3, -0.25) is 9.59 Å². The van der Waals surface area contributed by atoms with Crippen LogP contribution in [0.15, 0.2) is 18.3 Å². The molecule has 0 saturated heterocycles. The number of unbranched alkanes of at least 4 members (excludes halogenated alkanes) is 3. The van der Waals surface area contributed by atoms with E-state index in [0.717, 1.165) is 61.7 Å². The number of carbonyl (C=O) groups is 2. The van der Waals surface area contributed by atoms with Crippen molar-refractivity contribution in [1.29, 1.82) is 0 Å². The van der Waals surface area contributed by atoms with Gasteiger partial charge in [0, 0.05) is 54.5 Å². The molecule has 6 heteroatoms. The Balaban J connectivity index is 1.53. The molecule has 2 aromatic rings. The molecule has 164 valence electrons. The van der Waals surface area contributed by atoms with Crippen molar-refractivity contribution in [2.24, 2.45) is 5.92 Å². The van der Waals surface area contributed by atoms with Crippen LogP contribution in [0.3, 0.4) is 0 Å². The van der Waals surface area contributed by atoms with E-state index in [0.29, 0.717) is 30.3 Å². The Bertz CT molecular complexity index is 877. The Labute approximate surface area is 183 Å². The summed E-state index contributed by atoms with van der Waals surface area (Å²) in [6.45, 7) is 4.83. The highest BCUT2D eigenvalue weighted by atomic mass is 35.5. The number of hydrogen-bond acceptors (Lipinski definition) is 4. The van der Waals surface area contributed by atoms with E-state index in [9.17, 15) is 9.59 Å². The van der Waals surface area contributed by atoms with Crippen molar-refractivity contribution in [3.8, 4) is 5.75 Å². The topological polar surface area (TPSA) is 71.2 Å². The average molecular weight is 433 g/mol. The zero-order valence-electron chi connectivity index (χ0n) is 18.1. The van der Waals surface area contributed by atoms with Crippen LogP contribution in [0, 0.1) is 5.92 Å². The maximum Gasteiger partial charge on any atom is 0.314 e. The summed E-state index contributed by atoms with van der Waals surface area (Å²) in [5.41, 5.74) is 3.02. The molecule has 0 radical (unpaired) electrons. The highest BCUT2D eigenvalue weighted by molar-refractivity contribution is 6.18. The lowest BCUT2D eigenvalue weighted by Crippen LogP contribution is -2.18. The third-order valence-electron chi connectivity index (χ3n) is 6.00. The van der Waals surface area contributed by atoms with Crippen LogP contribution in [0.2, 0.25) is 0 Å². The van der Waals surface area contributed by atoms with E-state index in [2.05, 4.69) is 17.2 Å². The Morgan fingerprint density at radius 1 is 1.23 bits per heavy atom. The fraction of sp³-hybridized carbons (Fsp3) is 0.583. The molecule has 0 spiro atoms. The molecule has 5 nitrogen and oxygen atoms in total. The maximum atomic E-state index is 12.7. The third-order valence-corrected chi connectivity index (χ3v) is 6.37. The van der Waals surface area contributed by atoms with Gasteiger partial charge in [-0.15, -0.1) is 11.6 Å². The van der Waals surface area contributed by atoms with Crippen molar-refractivity contribution in [2.45, 2.75) is 71.1 Å². The van der Waals surface area contributed by atoms with Gasteiger partial charge in [-0.2, -0.15) is 0 Å². The highest BCUT2D eigenvalue weighted by Crippen LogP contribution is 2.42. The molecule has 2 atom stereocenters. The molecule has 0 saturated carbocycles. The largest absolute Gasteiger partial charge is 0.424 e. The van der Waals surface area contributed by atoms with E-state index in [1.807, 2.05) is 25.3 Å². The monoisotopic (exact) mass is 432 g/mol. The smallest absolute Gasteiger partial charge is 0.314 e. The van der Waals surface area contributed by atoms with Crippen LogP contribution >= 0.6 is 11.6 Å². The van der Waals surface area contributed by atoms with Crippen molar-refractivity contribution >= 4 is 39.9 Å². The van der Waals surface area contributed by atoms with E-state index < -0.39 is 0 Å². The number of nitrogens with one attached hydrogen (secondary N) is 2. The van der Waals surface area contributed by atoms with Crippen molar-refractivity contribution in [3.05, 3.63) is 23.9 Å². The molecule has 1 unspecified atom stereocenters. The number of ether oxygens (including phenoxy) is 1. The van der Waals surface area contributed by atoms with Crippen LogP contribution in [0.1, 0.15) is 76.7 Å². The number of carbonyl (C=O) groups excluding carboxylic acids is 2. The van der Waals surface area contributed by atoms with Crippen LogP contribution in [-0.4, -0.2) is 29.2 Å². The second-order valence-electron chi connectivity index (χ2n) is 8.40. The molecule has 2 N–H and O–H groups in total. The summed E-state index contributed by atoms with van der Waals surface area (Å²) in [5.74, 6) is 1.27. The Morgan fingerprint density at radius 3 is 2.73 bits per heavy atom. The molecule has 1 aromatic heterocycles. The number of benzene rings is 1. The van der Waals surface area contributed by atoms with Crippen molar-refractivity contribution < 1.29 is 14.3 Å². The summed E-state index contributed by atoms with van der Waals surface area (Å²) < 4.78 is 5.78. The summed E-state index contributed by atoms with van der Waals surface area (Å²) in [6.07, 6.45) is 8.85. The predicted octanol–water partition coefficient (Wildman–Crippen LogP) is 6.17. The highest BCUT2D eigenvalue weighted by Gasteiger charge is 2.27. The number of halogens is 1. The number of esters is 1. The number of anilines is 1. The van der Waals surface area contributed by atoms with Crippen molar-refractivity contribution in [1.82, 2.24) is 4.98 Å². The summed E-state index contributed by atoms with van der Waals surface area (Å²) in [5, 5.41) is 4.43. The fourth-order valence-electron chi connectivity index (χ4n) is 4.15. The van der Waals surface area contributed by atoms with Crippen LogP contribution in [0.4, 0.5) is 5.69 Å². The van der Waals surface area contributed by atoms with Gasteiger partial charge in [-0.05, 0) is 30.9 Å². The second kappa shape index (κ2) is 10.9. The first-order chi connectivity index (χ1) is 14.5. The molecule has 30 heavy (non-hydrogen) atoms. The first kappa shape index (κ1) is 22.7. The third kappa shape index (κ3) is 5.37. The minimum atomic E-state index is -0.230. The standard InChI is InChI=1S/C24H33ClN2O3/c1-3-4-5-9-18(28)10-7-6-8-16(2)24(29)30-21-13-20-22(17(14-25)15-27-20)19-11-12-26-23(19)21/h11-13,16-17,26-27H,3-10,14-15H2,1-2H3/t16?,17-/m1/s1. The fourth-order valence-corrected chi connectivity index (χ4v) is 4.42. The number of Topliss-reactive ketones (excluding diaryl/α,β-unsaturated/α-hetero) is 1. The molecular formula is C24H33ClN2O3. The van der Waals surface area contributed by atoms with Crippen LogP contribution in [-0.2, 0) is 9.59 Å². The van der Waals surface area contributed by atoms with Gasteiger partial charge in [0.15, 0.2) is 5.75 Å². The molecule has 0 amide bonds. The van der Waals surface area contributed by atoms with Gasteiger partial charge >= 0.3 is 5.97 Å². The molecule has 0 fully saturated rings. The second-order valence-corrected chi connectivity index (χ2v) is 8.71. The molecular weight excluding hydrogens is 400 g/mol. The molecule has 0 aliphatic carbocycles. The van der Waals surface area contributed by atoms with Gasteiger partial charge in [-0.1, -0.05) is 33.1 Å². The molecule has 1 aromatic carbocycles. The van der Waals surface area contributed by atoms with Gasteiger partial charge in [0.25, 0.3) is 0 Å². The summed E-state index contributed by atoms with van der Waals surface area (Å²) >= 11 is 6.12. The number of fused-ring (bicyclic) bond motifs is 3. The molecule has 3 rings (SSSR count). The first-order valence-corrected chi connectivity index (χ1v) is 11.8. The number of H-pyrrole nitrogens is 1. The Hall–Kier alpha value is -2.01. The van der Waals surface area contributed by atoms with Crippen LogP contribution < -0.4 is 10.1 Å². The zero-order chi connectivity index (χ0) is 21.5. The Kier molecular flexibility index (Phi) is 8.20. The summed E-state index contributed by atoms with van der Waals surface area (Å²) in [4.78, 5) is 27.7. The van der Waals surface area contributed by atoms with E-state index in [1.54, 1.807) is 0 Å². The molecule has 1 aliphatic heterocycles. The number of aromatic amines is 1. The van der Waals surface area contributed by atoms with Gasteiger partial charge < -0.3 is 15.0 Å². The van der Waals surface area contributed by atoms with Gasteiger partial charge in [0.2, 0.25) is 0 Å². The molecule has 1 aliphatic rings. The normalized spacial score (nSPS) is 16.3. The number of hydrogen-bond donors (Lipinski definition) is 2. The van der Waals surface area contributed by atoms with Crippen LogP contribution in [0.25, 0.3) is 10.9 Å². The van der Waals surface area contributed by atoms with Gasteiger partial charge in [-0.25, -0.2) is 0 Å². The lowest BCUT2D eigenvalue weighted by Gasteiger charge is -2.14. The molecule has 2 heterocycles. The zero-order valence-corrected chi connectivity index (χ0v) is 18.8. The number of rotatable bonds is 12. The summed E-state index contributed by atoms with van der Waals surface area (Å²) in [6, 6.07) is 3.92. The predicted molar refractivity (Wildman–Crippen MR) is 123 cm³/mol. The number of ketones is 1. The minimum absolute atomic E-state index is 0.206. The average Bonchev–Trinajstić information content (AvgIpc) is 3.37. The minimum Gasteiger partial charge on any atom is -0.424 e. The Morgan fingerprint density at radius 2 is 2.00 bits per heavy atom. The van der Waals surface area contributed by atoms with Gasteiger partial charge in [0.1, 0.15) is 5.78 Å². The van der Waals surface area contributed by atoms with E-state index in [4.69, 9.17) is 16.3 Å². The van der Waals surface area contributed by atoms with E-state index in [1.165, 1.54) is 5.56 Å². The lowest BCUT2D eigenvalue weighted by molar-refractivity contribution is -0.138. The van der Waals surface area contributed by atoms with Gasteiger partial charge in [0.05, 0.1) is 11.4 Å². The van der Waals surface area contributed by atoms with E-state index >= 15 is 0 Å². The first-order valence-electron chi connectivity index (χ1n) is 11.2. The van der Waals surface area contributed by atoms with E-state index in [-0.39, 0.29) is 17.8 Å². The molecule has 0 bridgehead atoms. The number of alkyl halides is 1. The summed E-state index contributed by atoms with van der Waals surface area (Å²) in [7, 11) is 0. The van der Waals surface area contributed by atoms with Crippen molar-refractivity contribution in [3.63, 3.8) is 0 Å².